The lowest BCUT2D eigenvalue weighted by Crippen LogP contribution is -2.54. The molecule has 7 nitrogen and oxygen atoms in total. The molecule has 2 amide bonds. The van der Waals surface area contributed by atoms with Gasteiger partial charge >= 0.3 is 0 Å². The molecule has 0 bridgehead atoms. The number of para-hydroxylation sites is 1. The number of rotatable bonds is 12. The summed E-state index contributed by atoms with van der Waals surface area (Å²) in [7, 11) is -4.33. The molecule has 0 saturated carbocycles. The van der Waals surface area contributed by atoms with E-state index in [4.69, 9.17) is 23.2 Å². The van der Waals surface area contributed by atoms with Crippen LogP contribution in [-0.4, -0.2) is 43.8 Å². The summed E-state index contributed by atoms with van der Waals surface area (Å²) in [5.74, 6) is -1.66. The number of nitrogens with one attached hydrogen (secondary N) is 1. The molecule has 0 heterocycles. The number of hydrogen-bond donors (Lipinski definition) is 1. The Hall–Kier alpha value is -3.92. The van der Waals surface area contributed by atoms with E-state index in [-0.39, 0.29) is 34.6 Å². The van der Waals surface area contributed by atoms with Crippen LogP contribution in [0.2, 0.25) is 10.0 Å². The highest BCUT2D eigenvalue weighted by molar-refractivity contribution is 7.92. The molecule has 0 unspecified atom stereocenters. The van der Waals surface area contributed by atoms with Gasteiger partial charge in [0.25, 0.3) is 10.0 Å². The van der Waals surface area contributed by atoms with E-state index in [2.05, 4.69) is 5.32 Å². The summed E-state index contributed by atoms with van der Waals surface area (Å²) < 4.78 is 42.5. The summed E-state index contributed by atoms with van der Waals surface area (Å²) >= 11 is 12.6. The largest absolute Gasteiger partial charge is 0.352 e. The van der Waals surface area contributed by atoms with Crippen LogP contribution in [0.3, 0.4) is 0 Å². The zero-order valence-corrected chi connectivity index (χ0v) is 26.5. The molecule has 0 aliphatic heterocycles. The van der Waals surface area contributed by atoms with Gasteiger partial charge in [0, 0.05) is 29.1 Å². The lowest BCUT2D eigenvalue weighted by molar-refractivity contribution is -0.140. The Morgan fingerprint density at radius 2 is 1.48 bits per heavy atom. The van der Waals surface area contributed by atoms with Gasteiger partial charge < -0.3 is 10.2 Å². The van der Waals surface area contributed by atoms with Gasteiger partial charge in [-0.25, -0.2) is 12.8 Å². The first-order chi connectivity index (χ1) is 21.0. The summed E-state index contributed by atoms with van der Waals surface area (Å²) in [6.45, 7) is 2.88. The summed E-state index contributed by atoms with van der Waals surface area (Å²) in [5, 5.41) is 3.59. The SMILES string of the molecule is CC(C)NC(=O)[C@@H](Cc1ccccc1)N(Cc1ccc(Cl)cc1Cl)C(=O)CN(c1ccccc1)S(=O)(=O)c1ccc(F)cc1. The second kappa shape index (κ2) is 14.7. The van der Waals surface area contributed by atoms with E-state index in [0.29, 0.717) is 10.6 Å². The van der Waals surface area contributed by atoms with Crippen LogP contribution in [0.1, 0.15) is 25.0 Å². The predicted molar refractivity (Wildman–Crippen MR) is 172 cm³/mol. The molecule has 4 aromatic rings. The molecule has 0 spiro atoms. The average molecular weight is 657 g/mol. The van der Waals surface area contributed by atoms with Gasteiger partial charge in [0.2, 0.25) is 11.8 Å². The van der Waals surface area contributed by atoms with Gasteiger partial charge in [-0.15, -0.1) is 0 Å². The molecule has 0 saturated heterocycles. The average Bonchev–Trinajstić information content (AvgIpc) is 2.99. The summed E-state index contributed by atoms with van der Waals surface area (Å²) in [4.78, 5) is 29.2. The Balaban J connectivity index is 1.81. The monoisotopic (exact) mass is 655 g/mol. The Morgan fingerprint density at radius 3 is 2.07 bits per heavy atom. The van der Waals surface area contributed by atoms with E-state index in [0.717, 1.165) is 34.1 Å². The second-order valence-electron chi connectivity index (χ2n) is 10.4. The minimum absolute atomic E-state index is 0.100. The van der Waals surface area contributed by atoms with Crippen molar-refractivity contribution in [3.05, 3.63) is 130 Å². The molecular formula is C33H32Cl2FN3O4S. The number of sulfonamides is 1. The third-order valence-electron chi connectivity index (χ3n) is 6.78. The number of benzene rings is 4. The van der Waals surface area contributed by atoms with Crippen molar-refractivity contribution in [1.29, 1.82) is 0 Å². The second-order valence-corrected chi connectivity index (χ2v) is 13.1. The zero-order chi connectivity index (χ0) is 31.9. The molecule has 0 aromatic heterocycles. The zero-order valence-electron chi connectivity index (χ0n) is 24.2. The lowest BCUT2D eigenvalue weighted by atomic mass is 10.0. The van der Waals surface area contributed by atoms with Crippen molar-refractivity contribution in [2.24, 2.45) is 0 Å². The molecule has 44 heavy (non-hydrogen) atoms. The Labute approximate surface area is 267 Å². The van der Waals surface area contributed by atoms with E-state index in [1.807, 2.05) is 44.2 Å². The smallest absolute Gasteiger partial charge is 0.264 e. The third-order valence-corrected chi connectivity index (χ3v) is 9.16. The summed E-state index contributed by atoms with van der Waals surface area (Å²) in [6.07, 6.45) is 0.159. The molecule has 4 aromatic carbocycles. The van der Waals surface area contributed by atoms with Crippen molar-refractivity contribution in [3.63, 3.8) is 0 Å². The van der Waals surface area contributed by atoms with E-state index >= 15 is 0 Å². The topological polar surface area (TPSA) is 86.8 Å². The first kappa shape index (κ1) is 33.0. The van der Waals surface area contributed by atoms with Crippen LogP contribution in [0.15, 0.2) is 108 Å². The maximum absolute atomic E-state index is 14.4. The van der Waals surface area contributed by atoms with Crippen LogP contribution in [0, 0.1) is 5.82 Å². The molecule has 1 N–H and O–H groups in total. The minimum Gasteiger partial charge on any atom is -0.352 e. The molecule has 0 radical (unpaired) electrons. The minimum atomic E-state index is -4.33. The number of nitrogens with zero attached hydrogens (tertiary/aromatic N) is 2. The lowest BCUT2D eigenvalue weighted by Gasteiger charge is -2.34. The van der Waals surface area contributed by atoms with Crippen molar-refractivity contribution >= 4 is 50.7 Å². The highest BCUT2D eigenvalue weighted by atomic mass is 35.5. The maximum Gasteiger partial charge on any atom is 0.264 e. The maximum atomic E-state index is 14.4. The molecule has 11 heteroatoms. The van der Waals surface area contributed by atoms with Gasteiger partial charge in [0.05, 0.1) is 10.6 Å². The van der Waals surface area contributed by atoms with Gasteiger partial charge in [-0.05, 0) is 73.5 Å². The van der Waals surface area contributed by atoms with Crippen molar-refractivity contribution < 1.29 is 22.4 Å². The predicted octanol–water partition coefficient (Wildman–Crippen LogP) is 6.49. The van der Waals surface area contributed by atoms with Crippen LogP contribution in [0.4, 0.5) is 10.1 Å². The molecule has 0 aliphatic carbocycles. The van der Waals surface area contributed by atoms with E-state index in [1.165, 1.54) is 11.0 Å². The van der Waals surface area contributed by atoms with Crippen LogP contribution in [0.25, 0.3) is 0 Å². The van der Waals surface area contributed by atoms with E-state index in [9.17, 15) is 22.4 Å². The van der Waals surface area contributed by atoms with Crippen molar-refractivity contribution in [2.45, 2.75) is 43.8 Å². The van der Waals surface area contributed by atoms with Gasteiger partial charge in [-0.2, -0.15) is 0 Å². The first-order valence-electron chi connectivity index (χ1n) is 13.9. The number of amides is 2. The Bertz CT molecular complexity index is 1690. The van der Waals surface area contributed by atoms with Gasteiger partial charge in [0.15, 0.2) is 0 Å². The fraction of sp³-hybridized carbons (Fsp3) is 0.212. The number of halogens is 3. The molecule has 4 rings (SSSR count). The van der Waals surface area contributed by atoms with Crippen molar-refractivity contribution in [3.8, 4) is 0 Å². The van der Waals surface area contributed by atoms with Crippen LogP contribution >= 0.6 is 23.2 Å². The molecule has 230 valence electrons. The van der Waals surface area contributed by atoms with Crippen LogP contribution < -0.4 is 9.62 Å². The number of carbonyl (C=O) groups excluding carboxylic acids is 2. The van der Waals surface area contributed by atoms with Crippen molar-refractivity contribution in [2.75, 3.05) is 10.8 Å². The number of hydrogen-bond acceptors (Lipinski definition) is 4. The fourth-order valence-corrected chi connectivity index (χ4v) is 6.51. The number of anilines is 1. The van der Waals surface area contributed by atoms with Crippen LogP contribution in [-0.2, 0) is 32.6 Å². The fourth-order valence-electron chi connectivity index (χ4n) is 4.62. The normalized spacial score (nSPS) is 12.0. The van der Waals surface area contributed by atoms with Crippen molar-refractivity contribution in [1.82, 2.24) is 10.2 Å². The third kappa shape index (κ3) is 8.37. The Kier molecular flexibility index (Phi) is 11.0. The van der Waals surface area contributed by atoms with Gasteiger partial charge in [-0.1, -0.05) is 77.8 Å². The standard InChI is InChI=1S/C33H32Cl2FN3O4S/c1-23(2)37-33(41)31(19-24-9-5-3-6-10-24)38(21-25-13-14-26(34)20-30(25)35)32(40)22-39(28-11-7-4-8-12-28)44(42,43)29-17-15-27(36)16-18-29/h3-18,20,23,31H,19,21-22H2,1-2H3,(H,37,41)/t31-/m1/s1. The van der Waals surface area contributed by atoms with Gasteiger partial charge in [-0.3, -0.25) is 13.9 Å². The first-order valence-corrected chi connectivity index (χ1v) is 16.1. The molecule has 1 atom stereocenters. The Morgan fingerprint density at radius 1 is 0.864 bits per heavy atom. The molecule has 0 aliphatic rings. The molecular weight excluding hydrogens is 624 g/mol. The highest BCUT2D eigenvalue weighted by Crippen LogP contribution is 2.27. The van der Waals surface area contributed by atoms with Gasteiger partial charge in [0.1, 0.15) is 18.4 Å². The van der Waals surface area contributed by atoms with E-state index in [1.54, 1.807) is 42.5 Å². The van der Waals surface area contributed by atoms with E-state index < -0.39 is 40.2 Å². The highest BCUT2D eigenvalue weighted by Gasteiger charge is 2.35. The summed E-state index contributed by atoms with van der Waals surface area (Å²) in [5.41, 5.74) is 1.55. The molecule has 0 fully saturated rings. The number of carbonyl (C=O) groups is 2. The van der Waals surface area contributed by atoms with Crippen LogP contribution in [0.5, 0.6) is 0 Å². The quantitative estimate of drug-likeness (QED) is 0.189. The summed E-state index contributed by atoms with van der Waals surface area (Å²) in [6, 6.07) is 25.3.